The van der Waals surface area contributed by atoms with Gasteiger partial charge < -0.3 is 5.32 Å². The van der Waals surface area contributed by atoms with Crippen molar-refractivity contribution in [1.29, 1.82) is 0 Å². The largest absolute Gasteiger partial charge is 0.310 e. The van der Waals surface area contributed by atoms with Crippen LogP contribution in [0.2, 0.25) is 0 Å². The van der Waals surface area contributed by atoms with E-state index in [0.717, 1.165) is 66.7 Å². The summed E-state index contributed by atoms with van der Waals surface area (Å²) in [6, 6.07) is 4.08. The Morgan fingerprint density at radius 3 is 2.73 bits per heavy atom. The van der Waals surface area contributed by atoms with E-state index in [-0.39, 0.29) is 6.04 Å². The van der Waals surface area contributed by atoms with Crippen LogP contribution < -0.4 is 5.32 Å². The molecule has 0 saturated heterocycles. The van der Waals surface area contributed by atoms with Crippen LogP contribution in [0, 0.1) is 24.5 Å². The lowest BCUT2D eigenvalue weighted by molar-refractivity contribution is 0.304. The zero-order valence-corrected chi connectivity index (χ0v) is 19.3. The van der Waals surface area contributed by atoms with Gasteiger partial charge in [0, 0.05) is 23.2 Å². The molecule has 0 amide bonds. The summed E-state index contributed by atoms with van der Waals surface area (Å²) in [5, 5.41) is 12.4. The first-order valence-electron chi connectivity index (χ1n) is 11.6. The number of hydrogen-bond acceptors (Lipinski definition) is 4. The summed E-state index contributed by atoms with van der Waals surface area (Å²) in [5.41, 5.74) is 4.91. The summed E-state index contributed by atoms with van der Waals surface area (Å²) in [4.78, 5) is 4.46. The van der Waals surface area contributed by atoms with Gasteiger partial charge in [0.1, 0.15) is 11.8 Å². The van der Waals surface area contributed by atoms with Crippen molar-refractivity contribution in [2.24, 2.45) is 5.92 Å². The number of allylic oxidation sites excluding steroid dienone is 2. The number of rotatable bonds is 8. The highest BCUT2D eigenvalue weighted by Crippen LogP contribution is 2.37. The number of halogens is 2. The van der Waals surface area contributed by atoms with Gasteiger partial charge in [-0.2, -0.15) is 0 Å². The van der Waals surface area contributed by atoms with E-state index in [4.69, 9.17) is 0 Å². The Kier molecular flexibility index (Phi) is 7.28. The average molecular weight is 452 g/mol. The molecule has 1 unspecified atom stereocenters. The van der Waals surface area contributed by atoms with E-state index in [1.165, 1.54) is 12.1 Å². The van der Waals surface area contributed by atoms with Gasteiger partial charge in [0.25, 0.3) is 0 Å². The minimum atomic E-state index is -0.809. The minimum Gasteiger partial charge on any atom is -0.310 e. The maximum atomic E-state index is 13.5. The van der Waals surface area contributed by atoms with Gasteiger partial charge in [-0.3, -0.25) is 0 Å². The molecule has 33 heavy (non-hydrogen) atoms. The van der Waals surface area contributed by atoms with E-state index in [1.54, 1.807) is 16.9 Å². The van der Waals surface area contributed by atoms with Crippen molar-refractivity contribution in [3.05, 3.63) is 77.4 Å². The highest BCUT2D eigenvalue weighted by molar-refractivity contribution is 5.73. The first-order valence-corrected chi connectivity index (χ1v) is 11.6. The smallest absolute Gasteiger partial charge is 0.159 e. The molecule has 1 saturated carbocycles. The van der Waals surface area contributed by atoms with E-state index >= 15 is 0 Å². The van der Waals surface area contributed by atoms with Crippen LogP contribution in [0.15, 0.2) is 43.3 Å². The van der Waals surface area contributed by atoms with Crippen molar-refractivity contribution < 1.29 is 8.78 Å². The molecule has 2 heterocycles. The lowest BCUT2D eigenvalue weighted by Crippen LogP contribution is -2.28. The normalized spacial score (nSPS) is 19.9. The van der Waals surface area contributed by atoms with Gasteiger partial charge in [-0.1, -0.05) is 29.5 Å². The van der Waals surface area contributed by atoms with Crippen molar-refractivity contribution in [3.8, 4) is 0 Å². The molecular weight excluding hydrogens is 420 g/mol. The summed E-state index contributed by atoms with van der Waals surface area (Å²) in [6.45, 7) is 8.64. The molecular formula is C26H31F2N5. The van der Waals surface area contributed by atoms with Gasteiger partial charge in [-0.15, -0.1) is 11.7 Å². The Morgan fingerprint density at radius 2 is 2.00 bits per heavy atom. The number of aromatic nitrogens is 4. The number of fused-ring (bicyclic) bond motifs is 1. The highest BCUT2D eigenvalue weighted by Gasteiger charge is 2.27. The molecule has 0 aliphatic heterocycles. The Morgan fingerprint density at radius 1 is 1.21 bits per heavy atom. The van der Waals surface area contributed by atoms with Crippen LogP contribution in [0.25, 0.3) is 11.6 Å². The summed E-state index contributed by atoms with van der Waals surface area (Å²) in [7, 11) is 0. The van der Waals surface area contributed by atoms with Gasteiger partial charge in [-0.05, 0) is 76.1 Å². The van der Waals surface area contributed by atoms with E-state index in [1.807, 2.05) is 19.9 Å². The number of hydrogen-bond donors (Lipinski definition) is 1. The van der Waals surface area contributed by atoms with Gasteiger partial charge in [0.05, 0.1) is 5.69 Å². The lowest BCUT2D eigenvalue weighted by Gasteiger charge is -2.29. The molecule has 2 aromatic heterocycles. The first kappa shape index (κ1) is 23.2. The zero-order valence-electron chi connectivity index (χ0n) is 19.3. The van der Waals surface area contributed by atoms with Gasteiger partial charge in [-0.25, -0.2) is 18.3 Å². The molecule has 7 heteroatoms. The van der Waals surface area contributed by atoms with Crippen LogP contribution in [0.4, 0.5) is 8.78 Å². The third-order valence-corrected chi connectivity index (χ3v) is 6.70. The molecule has 1 fully saturated rings. The molecule has 174 valence electrons. The molecule has 1 aromatic carbocycles. The molecule has 0 bridgehead atoms. The van der Waals surface area contributed by atoms with Gasteiger partial charge in [0.2, 0.25) is 0 Å². The molecule has 0 radical (unpaired) electrons. The fraction of sp³-hybridized carbons (Fsp3) is 0.423. The number of nitrogens with one attached hydrogen (secondary N) is 1. The second kappa shape index (κ2) is 10.3. The molecule has 0 spiro atoms. The Labute approximate surface area is 193 Å². The Balaban J connectivity index is 1.40. The van der Waals surface area contributed by atoms with Crippen molar-refractivity contribution >= 4 is 11.6 Å². The Bertz CT molecular complexity index is 1150. The highest BCUT2D eigenvalue weighted by atomic mass is 19.2. The third kappa shape index (κ3) is 5.19. The summed E-state index contributed by atoms with van der Waals surface area (Å²) < 4.78 is 28.5. The van der Waals surface area contributed by atoms with Gasteiger partial charge in [0.15, 0.2) is 11.6 Å². The van der Waals surface area contributed by atoms with Crippen molar-refractivity contribution in [2.45, 2.75) is 57.9 Å². The maximum Gasteiger partial charge on any atom is 0.159 e. The zero-order chi connectivity index (χ0) is 23.4. The second-order valence-corrected chi connectivity index (χ2v) is 8.96. The summed E-state index contributed by atoms with van der Waals surface area (Å²) in [6.07, 6.45) is 12.9. The predicted octanol–water partition coefficient (Wildman–Crippen LogP) is 5.92. The molecule has 1 N–H and O–H groups in total. The molecule has 1 atom stereocenters. The average Bonchev–Trinajstić information content (AvgIpc) is 3.25. The third-order valence-electron chi connectivity index (χ3n) is 6.70. The first-order chi connectivity index (χ1) is 16.0. The van der Waals surface area contributed by atoms with Crippen LogP contribution in [-0.4, -0.2) is 26.4 Å². The van der Waals surface area contributed by atoms with E-state index in [0.29, 0.717) is 11.8 Å². The van der Waals surface area contributed by atoms with Crippen molar-refractivity contribution in [1.82, 2.24) is 25.1 Å². The monoisotopic (exact) mass is 451 g/mol. The van der Waals surface area contributed by atoms with E-state index in [2.05, 4.69) is 39.3 Å². The number of benzene rings is 1. The van der Waals surface area contributed by atoms with E-state index < -0.39 is 11.6 Å². The van der Waals surface area contributed by atoms with Crippen LogP contribution >= 0.6 is 0 Å². The summed E-state index contributed by atoms with van der Waals surface area (Å²) in [5.74, 6) is -0.690. The molecule has 1 aliphatic rings. The number of nitrogens with zero attached hydrogens (tertiary/aromatic N) is 4. The Hall–Kier alpha value is -2.93. The standard InChI is InChI=1S/C26H31F2N5/c1-4-5-6-7-22-18(3)30-16-33-26(22)25(31-32-33)20-10-8-19(9-11-20)15-29-17(2)21-12-13-23(27)24(28)14-21/h4,6-7,12-14,16-17,19-20,29H,1,5,8-11,15H2,2-3H3/b7-6-/t17?,19-,20-. The SMILES string of the molecule is C=CC/C=C\c1c(C)ncn2nnc([C@H]3CC[C@H](CNC(C)c4ccc(F)c(F)c4)CC3)c12. The maximum absolute atomic E-state index is 13.5. The van der Waals surface area contributed by atoms with Crippen LogP contribution in [-0.2, 0) is 0 Å². The topological polar surface area (TPSA) is 55.1 Å². The molecule has 3 aromatic rings. The van der Waals surface area contributed by atoms with Crippen LogP contribution in [0.3, 0.4) is 0 Å². The molecule has 4 rings (SSSR count). The fourth-order valence-electron chi connectivity index (χ4n) is 4.67. The summed E-state index contributed by atoms with van der Waals surface area (Å²) >= 11 is 0. The predicted molar refractivity (Wildman–Crippen MR) is 127 cm³/mol. The number of aryl methyl sites for hydroxylation is 1. The second-order valence-electron chi connectivity index (χ2n) is 8.96. The lowest BCUT2D eigenvalue weighted by atomic mass is 9.80. The quantitative estimate of drug-likeness (QED) is 0.432. The van der Waals surface area contributed by atoms with Crippen LogP contribution in [0.1, 0.15) is 73.5 Å². The van der Waals surface area contributed by atoms with Crippen molar-refractivity contribution in [3.63, 3.8) is 0 Å². The minimum absolute atomic E-state index is 0.0282. The molecule has 5 nitrogen and oxygen atoms in total. The van der Waals surface area contributed by atoms with Crippen molar-refractivity contribution in [2.75, 3.05) is 6.54 Å². The van der Waals surface area contributed by atoms with Crippen LogP contribution in [0.5, 0.6) is 0 Å². The van der Waals surface area contributed by atoms with E-state index in [9.17, 15) is 8.78 Å². The molecule has 1 aliphatic carbocycles. The van der Waals surface area contributed by atoms with Gasteiger partial charge >= 0.3 is 0 Å². The fourth-order valence-corrected chi connectivity index (χ4v) is 4.67.